The molecule has 8 heterocycles. The van der Waals surface area contributed by atoms with Crippen molar-refractivity contribution in [1.29, 1.82) is 0 Å². The van der Waals surface area contributed by atoms with Gasteiger partial charge in [-0.3, -0.25) is 9.13 Å². The molecule has 0 saturated carbocycles. The topological polar surface area (TPSA) is 110 Å². The van der Waals surface area contributed by atoms with E-state index < -0.39 is 0 Å². The molecule has 11 nitrogen and oxygen atoms in total. The summed E-state index contributed by atoms with van der Waals surface area (Å²) in [7, 11) is 0. The van der Waals surface area contributed by atoms with Crippen molar-refractivity contribution in [2.75, 3.05) is 0 Å². The van der Waals surface area contributed by atoms with Gasteiger partial charge in [0.15, 0.2) is 11.6 Å². The van der Waals surface area contributed by atoms with Gasteiger partial charge in [0.1, 0.15) is 22.3 Å². The molecule has 8 aromatic heterocycles. The van der Waals surface area contributed by atoms with Crippen LogP contribution < -0.4 is 0 Å². The first kappa shape index (κ1) is 71.7. The zero-order chi connectivity index (χ0) is 82.9. The Morgan fingerprint density at radius 1 is 0.167 bits per heavy atom. The van der Waals surface area contributed by atoms with Crippen molar-refractivity contribution in [3.05, 3.63) is 431 Å². The molecule has 0 unspecified atom stereocenters. The molecular weight excluding hydrogens is 1540 g/mol. The van der Waals surface area contributed by atoms with Crippen LogP contribution in [-0.2, 0) is 0 Å². The molecule has 126 heavy (non-hydrogen) atoms. The summed E-state index contributed by atoms with van der Waals surface area (Å²) in [6, 6.07) is 152. The fourth-order valence-electron chi connectivity index (χ4n) is 19.0. The summed E-state index contributed by atoms with van der Waals surface area (Å²) >= 11 is 0. The first-order chi connectivity index (χ1) is 62.4. The average molecular weight is 1610 g/mol. The fraction of sp³-hybridized carbons (Fsp3) is 0. The van der Waals surface area contributed by atoms with E-state index in [9.17, 15) is 0 Å². The molecule has 26 rings (SSSR count). The molecule has 0 amide bonds. The van der Waals surface area contributed by atoms with Crippen LogP contribution in [0.4, 0.5) is 0 Å². The third-order valence-electron chi connectivity index (χ3n) is 25.0. The van der Waals surface area contributed by atoms with Gasteiger partial charge in [0.2, 0.25) is 11.9 Å². The van der Waals surface area contributed by atoms with Crippen LogP contribution in [0, 0.1) is 0 Å². The van der Waals surface area contributed by atoms with Crippen molar-refractivity contribution in [1.82, 2.24) is 43.2 Å². The molecule has 0 aliphatic carbocycles. The smallest absolute Gasteiger partial charge is 0.238 e. The van der Waals surface area contributed by atoms with Gasteiger partial charge in [-0.05, 0) is 154 Å². The molecule has 0 N–H and O–H groups in total. The van der Waals surface area contributed by atoms with Crippen LogP contribution in [-0.4, -0.2) is 43.2 Å². The van der Waals surface area contributed by atoms with E-state index in [1.54, 1.807) is 0 Å². The van der Waals surface area contributed by atoms with Crippen LogP contribution in [0.25, 0.3) is 244 Å². The maximum absolute atomic E-state index is 6.59. The Labute approximate surface area is 722 Å². The van der Waals surface area contributed by atoms with Crippen molar-refractivity contribution in [2.24, 2.45) is 0 Å². The highest BCUT2D eigenvalue weighted by molar-refractivity contribution is 6.25. The van der Waals surface area contributed by atoms with E-state index in [1.807, 2.05) is 91.0 Å². The summed E-state index contributed by atoms with van der Waals surface area (Å²) in [5.74, 6) is 2.48. The molecule has 18 aromatic carbocycles. The largest absolute Gasteiger partial charge is 0.456 e. The maximum atomic E-state index is 6.59. The quantitative estimate of drug-likeness (QED) is 0.120. The summed E-state index contributed by atoms with van der Waals surface area (Å²) < 4.78 is 22.1. The average Bonchev–Trinajstić information content (AvgIpc) is 1.51. The molecule has 26 aromatic rings. The SMILES string of the molecule is c1ccc(-c2cc(-c3ccccc3)nc(-n3c4ccccc4c4cc(-c5ccc(-c6ccc7c8cc9c(cc8n(-c8ccccc8)c7c6)oc6ccccc69)cc5)ccc43)n2)cc1.c1ccc(-c2nc(-c3ccccc3)nc(-n3c4ccccc4c4cc(-c5ccc(-c6ccc7c8c9oc%10ccccc%10c9ccc8n(-c8ccccc8)c7c6)cc5)ccc43)n2)cc1. The van der Waals surface area contributed by atoms with Gasteiger partial charge in [-0.2, -0.15) is 9.97 Å². The Morgan fingerprint density at radius 2 is 0.508 bits per heavy atom. The molecule has 588 valence electrons. The summed E-state index contributed by atoms with van der Waals surface area (Å²) in [6.07, 6.45) is 0. The van der Waals surface area contributed by atoms with Gasteiger partial charge in [0, 0.05) is 98.9 Å². The van der Waals surface area contributed by atoms with Gasteiger partial charge in [-0.1, -0.05) is 315 Å². The van der Waals surface area contributed by atoms with Crippen molar-refractivity contribution in [2.45, 2.75) is 0 Å². The van der Waals surface area contributed by atoms with E-state index in [2.05, 4.69) is 358 Å². The van der Waals surface area contributed by atoms with Crippen LogP contribution in [0.15, 0.2) is 440 Å². The summed E-state index contributed by atoms with van der Waals surface area (Å²) in [6.45, 7) is 0. The number of aromatic nitrogens is 9. The second kappa shape index (κ2) is 29.3. The molecular formula is C115H71N9O2. The fourth-order valence-corrected chi connectivity index (χ4v) is 19.0. The Morgan fingerprint density at radius 3 is 1.02 bits per heavy atom. The molecule has 0 aliphatic rings. The van der Waals surface area contributed by atoms with Crippen molar-refractivity contribution in [3.63, 3.8) is 0 Å². The predicted octanol–water partition coefficient (Wildman–Crippen LogP) is 29.9. The lowest BCUT2D eigenvalue weighted by Gasteiger charge is -2.12. The Bertz CT molecular complexity index is 8630. The van der Waals surface area contributed by atoms with E-state index in [4.69, 9.17) is 33.8 Å². The van der Waals surface area contributed by atoms with Crippen LogP contribution in [0.5, 0.6) is 0 Å². The molecule has 0 saturated heterocycles. The third kappa shape index (κ3) is 12.0. The predicted molar refractivity (Wildman–Crippen MR) is 517 cm³/mol. The molecule has 0 spiro atoms. The van der Waals surface area contributed by atoms with Crippen molar-refractivity contribution in [3.8, 4) is 113 Å². The number of fused-ring (bicyclic) bond motifs is 19. The first-order valence-electron chi connectivity index (χ1n) is 42.5. The van der Waals surface area contributed by atoms with E-state index in [0.29, 0.717) is 23.5 Å². The number of furan rings is 2. The monoisotopic (exact) mass is 1610 g/mol. The number of rotatable bonds is 12. The Kier molecular flexibility index (Phi) is 16.7. The molecule has 0 fully saturated rings. The zero-order valence-corrected chi connectivity index (χ0v) is 67.8. The van der Waals surface area contributed by atoms with Gasteiger partial charge >= 0.3 is 0 Å². The minimum absolute atomic E-state index is 0.580. The number of benzene rings is 18. The first-order valence-corrected chi connectivity index (χ1v) is 42.5. The third-order valence-corrected chi connectivity index (χ3v) is 25.0. The number of hydrogen-bond donors (Lipinski definition) is 0. The van der Waals surface area contributed by atoms with Gasteiger partial charge in [-0.25, -0.2) is 15.0 Å². The minimum atomic E-state index is 0.580. The molecule has 0 bridgehead atoms. The summed E-state index contributed by atoms with van der Waals surface area (Å²) in [4.78, 5) is 25.6. The van der Waals surface area contributed by atoms with Gasteiger partial charge in [0.05, 0.1) is 60.9 Å². The zero-order valence-electron chi connectivity index (χ0n) is 67.8. The summed E-state index contributed by atoms with van der Waals surface area (Å²) in [5.41, 5.74) is 29.5. The van der Waals surface area contributed by atoms with Gasteiger partial charge < -0.3 is 18.0 Å². The van der Waals surface area contributed by atoms with Gasteiger partial charge in [-0.15, -0.1) is 0 Å². The lowest BCUT2D eigenvalue weighted by molar-refractivity contribution is 0.669. The van der Waals surface area contributed by atoms with Crippen LogP contribution >= 0.6 is 0 Å². The molecule has 0 radical (unpaired) electrons. The summed E-state index contributed by atoms with van der Waals surface area (Å²) in [5, 5.41) is 13.8. The minimum Gasteiger partial charge on any atom is -0.456 e. The Hall–Kier alpha value is -17.2. The van der Waals surface area contributed by atoms with Crippen LogP contribution in [0.3, 0.4) is 0 Å². The lowest BCUT2D eigenvalue weighted by atomic mass is 9.98. The van der Waals surface area contributed by atoms with Crippen LogP contribution in [0.1, 0.15) is 0 Å². The second-order valence-electron chi connectivity index (χ2n) is 32.2. The van der Waals surface area contributed by atoms with E-state index in [0.717, 1.165) is 210 Å². The normalized spacial score (nSPS) is 11.8. The van der Waals surface area contributed by atoms with Crippen molar-refractivity contribution < 1.29 is 8.83 Å². The van der Waals surface area contributed by atoms with Crippen molar-refractivity contribution >= 4 is 131 Å². The highest BCUT2D eigenvalue weighted by atomic mass is 16.3. The molecule has 11 heteroatoms. The number of para-hydroxylation sites is 6. The number of nitrogens with zero attached hydrogens (tertiary/aromatic N) is 9. The Balaban J connectivity index is 0.000000137. The number of hydrogen-bond acceptors (Lipinski definition) is 7. The maximum Gasteiger partial charge on any atom is 0.238 e. The van der Waals surface area contributed by atoms with E-state index in [-0.39, 0.29) is 0 Å². The van der Waals surface area contributed by atoms with E-state index >= 15 is 0 Å². The molecule has 0 atom stereocenters. The molecule has 0 aliphatic heterocycles. The second-order valence-corrected chi connectivity index (χ2v) is 32.2. The highest BCUT2D eigenvalue weighted by Crippen LogP contribution is 2.46. The van der Waals surface area contributed by atoms with E-state index in [1.165, 1.54) is 10.8 Å². The standard InChI is InChI=1S/C58H36N4O.C57H35N5O/c1-4-14-39(15-5-1)50-35-51(40-16-6-2-7-17-40)60-58(59-50)62-52-22-12-10-20-44(52)47-32-41(29-31-53(47)62)37-24-26-38(27-25-37)42-28-30-45-48-34-49-46-21-11-13-23-56(46)63-57(49)36-55(48)61(54(45)33-42)43-18-8-3-9-19-43;1-4-14-38(15-5-1)55-58-56(39-16-6-2-7-17-39)60-57(59-55)62-48-22-12-10-20-43(48)47-34-40(29-32-49(47)62)36-24-26-37(27-25-36)41-28-30-46-51(35-41)61(42-18-8-3-9-19-42)50-33-31-45-44-21-11-13-23-52(44)63-54(45)53(46)50/h1-36H;1-35H. The highest BCUT2D eigenvalue weighted by Gasteiger charge is 2.25. The lowest BCUT2D eigenvalue weighted by Crippen LogP contribution is -2.06. The van der Waals surface area contributed by atoms with Gasteiger partial charge in [0.25, 0.3) is 0 Å². The van der Waals surface area contributed by atoms with Crippen LogP contribution in [0.2, 0.25) is 0 Å².